The third kappa shape index (κ3) is 1.34. The summed E-state index contributed by atoms with van der Waals surface area (Å²) in [6.07, 6.45) is 0.224. The van der Waals surface area contributed by atoms with E-state index < -0.39 is 5.41 Å². The van der Waals surface area contributed by atoms with Gasteiger partial charge in [-0.25, -0.2) is 5.01 Å². The van der Waals surface area contributed by atoms with E-state index in [4.69, 9.17) is 10.2 Å². The van der Waals surface area contributed by atoms with Crippen LogP contribution in [0.3, 0.4) is 0 Å². The van der Waals surface area contributed by atoms with Crippen LogP contribution in [0.2, 0.25) is 0 Å². The zero-order valence-corrected chi connectivity index (χ0v) is 7.82. The van der Waals surface area contributed by atoms with Crippen molar-refractivity contribution in [2.75, 3.05) is 20.3 Å². The maximum atomic E-state index is 11.6. The molecule has 0 radical (unpaired) electrons. The van der Waals surface area contributed by atoms with Gasteiger partial charge in [0.1, 0.15) is 5.41 Å². The number of carbonyl (C=O) groups is 1. The molecule has 1 heterocycles. The predicted octanol–water partition coefficient (Wildman–Crippen LogP) is -0.805. The van der Waals surface area contributed by atoms with E-state index in [2.05, 4.69) is 5.10 Å². The van der Waals surface area contributed by atoms with Gasteiger partial charge in [-0.1, -0.05) is 0 Å². The van der Waals surface area contributed by atoms with Crippen molar-refractivity contribution in [3.05, 3.63) is 0 Å². The lowest BCUT2D eigenvalue weighted by molar-refractivity contribution is -0.137. The second-order valence-electron chi connectivity index (χ2n) is 3.23. The number of aliphatic hydroxyl groups excluding tert-OH is 2. The Balaban J connectivity index is 2.98. The molecule has 5 nitrogen and oxygen atoms in total. The highest BCUT2D eigenvalue weighted by Gasteiger charge is 2.46. The van der Waals surface area contributed by atoms with Crippen molar-refractivity contribution in [1.82, 2.24) is 5.01 Å². The number of nitrogens with zero attached hydrogens (tertiary/aromatic N) is 2. The molecule has 1 aliphatic heterocycles. The van der Waals surface area contributed by atoms with Gasteiger partial charge in [0.25, 0.3) is 5.91 Å². The number of hydrogen-bond acceptors (Lipinski definition) is 4. The van der Waals surface area contributed by atoms with E-state index in [1.807, 2.05) is 0 Å². The van der Waals surface area contributed by atoms with E-state index in [9.17, 15) is 4.79 Å². The third-order valence-corrected chi connectivity index (χ3v) is 2.50. The van der Waals surface area contributed by atoms with Gasteiger partial charge in [0, 0.05) is 13.7 Å². The summed E-state index contributed by atoms with van der Waals surface area (Å²) in [5, 5.41) is 23.1. The van der Waals surface area contributed by atoms with Gasteiger partial charge in [-0.2, -0.15) is 5.10 Å². The first kappa shape index (κ1) is 10.1. The summed E-state index contributed by atoms with van der Waals surface area (Å²) in [6.45, 7) is 1.26. The SMILES string of the molecule is CC1=NN(C)C(=O)C1(CO)CCO. The molecule has 0 aliphatic carbocycles. The predicted molar refractivity (Wildman–Crippen MR) is 47.1 cm³/mol. The van der Waals surface area contributed by atoms with Gasteiger partial charge in [-0.15, -0.1) is 0 Å². The Morgan fingerprint density at radius 3 is 2.46 bits per heavy atom. The normalized spacial score (nSPS) is 28.2. The zero-order valence-electron chi connectivity index (χ0n) is 7.82. The summed E-state index contributed by atoms with van der Waals surface area (Å²) < 4.78 is 0. The highest BCUT2D eigenvalue weighted by molar-refractivity contribution is 6.11. The molecule has 1 rings (SSSR count). The number of rotatable bonds is 3. The van der Waals surface area contributed by atoms with Gasteiger partial charge in [0.15, 0.2) is 0 Å². The van der Waals surface area contributed by atoms with Gasteiger partial charge >= 0.3 is 0 Å². The van der Waals surface area contributed by atoms with E-state index in [0.29, 0.717) is 5.71 Å². The van der Waals surface area contributed by atoms with Gasteiger partial charge in [-0.05, 0) is 13.3 Å². The molecule has 1 atom stereocenters. The molecule has 0 spiro atoms. The lowest BCUT2D eigenvalue weighted by atomic mass is 9.81. The first-order valence-electron chi connectivity index (χ1n) is 4.14. The maximum absolute atomic E-state index is 11.6. The molecule has 0 aromatic rings. The molecule has 0 saturated carbocycles. The number of carbonyl (C=O) groups excluding carboxylic acids is 1. The summed E-state index contributed by atoms with van der Waals surface area (Å²) >= 11 is 0. The fourth-order valence-corrected chi connectivity index (χ4v) is 1.57. The topological polar surface area (TPSA) is 73.1 Å². The highest BCUT2D eigenvalue weighted by atomic mass is 16.3. The number of hydrazone groups is 1. The van der Waals surface area contributed by atoms with Crippen molar-refractivity contribution in [3.8, 4) is 0 Å². The smallest absolute Gasteiger partial charge is 0.256 e. The number of amides is 1. The molecule has 0 aromatic carbocycles. The fraction of sp³-hybridized carbons (Fsp3) is 0.750. The molecular weight excluding hydrogens is 172 g/mol. The molecule has 0 fully saturated rings. The van der Waals surface area contributed by atoms with Gasteiger partial charge in [0.2, 0.25) is 0 Å². The van der Waals surface area contributed by atoms with E-state index in [1.54, 1.807) is 14.0 Å². The van der Waals surface area contributed by atoms with Crippen molar-refractivity contribution >= 4 is 11.6 Å². The Morgan fingerprint density at radius 2 is 2.15 bits per heavy atom. The van der Waals surface area contributed by atoms with Crippen LogP contribution < -0.4 is 0 Å². The van der Waals surface area contributed by atoms with Crippen LogP contribution in [0.15, 0.2) is 5.10 Å². The van der Waals surface area contributed by atoms with Gasteiger partial charge < -0.3 is 10.2 Å². The van der Waals surface area contributed by atoms with Crippen molar-refractivity contribution < 1.29 is 15.0 Å². The van der Waals surface area contributed by atoms with Crippen LogP contribution >= 0.6 is 0 Å². The lowest BCUT2D eigenvalue weighted by Crippen LogP contribution is -2.41. The maximum Gasteiger partial charge on any atom is 0.256 e. The quantitative estimate of drug-likeness (QED) is 0.605. The first-order valence-corrected chi connectivity index (χ1v) is 4.14. The van der Waals surface area contributed by atoms with Crippen LogP contribution in [0.4, 0.5) is 0 Å². The summed E-state index contributed by atoms with van der Waals surface area (Å²) in [5.41, 5.74) is -0.416. The molecule has 13 heavy (non-hydrogen) atoms. The van der Waals surface area contributed by atoms with Crippen LogP contribution in [-0.2, 0) is 4.79 Å². The summed E-state index contributed by atoms with van der Waals surface area (Å²) in [4.78, 5) is 11.6. The summed E-state index contributed by atoms with van der Waals surface area (Å²) in [6, 6.07) is 0. The average Bonchev–Trinajstić information content (AvgIpc) is 2.31. The molecule has 0 saturated heterocycles. The largest absolute Gasteiger partial charge is 0.396 e. The Labute approximate surface area is 76.7 Å². The fourth-order valence-electron chi connectivity index (χ4n) is 1.57. The van der Waals surface area contributed by atoms with E-state index >= 15 is 0 Å². The minimum Gasteiger partial charge on any atom is -0.396 e. The second-order valence-corrected chi connectivity index (χ2v) is 3.23. The molecule has 74 valence electrons. The first-order chi connectivity index (χ1) is 6.08. The minimum absolute atomic E-state index is 0.132. The molecular formula is C8H14N2O3. The van der Waals surface area contributed by atoms with Crippen LogP contribution in [0.25, 0.3) is 0 Å². The molecule has 1 unspecified atom stereocenters. The zero-order chi connectivity index (χ0) is 10.1. The summed E-state index contributed by atoms with van der Waals surface area (Å²) in [5.74, 6) is -0.249. The second kappa shape index (κ2) is 3.43. The van der Waals surface area contributed by atoms with Crippen LogP contribution in [-0.4, -0.2) is 47.1 Å². The third-order valence-electron chi connectivity index (χ3n) is 2.50. The van der Waals surface area contributed by atoms with E-state index in [-0.39, 0.29) is 25.5 Å². The average molecular weight is 186 g/mol. The molecule has 0 aromatic heterocycles. The lowest BCUT2D eigenvalue weighted by Gasteiger charge is -2.23. The van der Waals surface area contributed by atoms with Crippen molar-refractivity contribution in [2.45, 2.75) is 13.3 Å². The Bertz CT molecular complexity index is 252. The number of aliphatic hydroxyl groups is 2. The van der Waals surface area contributed by atoms with Crippen LogP contribution in [0.5, 0.6) is 0 Å². The van der Waals surface area contributed by atoms with Gasteiger partial charge in [0.05, 0.1) is 12.3 Å². The molecule has 1 aliphatic rings. The van der Waals surface area contributed by atoms with Crippen molar-refractivity contribution in [1.29, 1.82) is 0 Å². The molecule has 2 N–H and O–H groups in total. The van der Waals surface area contributed by atoms with Crippen molar-refractivity contribution in [3.63, 3.8) is 0 Å². The summed E-state index contributed by atoms with van der Waals surface area (Å²) in [7, 11) is 1.54. The van der Waals surface area contributed by atoms with E-state index in [0.717, 1.165) is 0 Å². The van der Waals surface area contributed by atoms with Crippen molar-refractivity contribution in [2.24, 2.45) is 10.5 Å². The van der Waals surface area contributed by atoms with Crippen LogP contribution in [0.1, 0.15) is 13.3 Å². The Hall–Kier alpha value is -0.940. The Morgan fingerprint density at radius 1 is 1.54 bits per heavy atom. The van der Waals surface area contributed by atoms with Crippen LogP contribution in [0, 0.1) is 5.41 Å². The minimum atomic E-state index is -0.983. The monoisotopic (exact) mass is 186 g/mol. The van der Waals surface area contributed by atoms with E-state index in [1.165, 1.54) is 5.01 Å². The van der Waals surface area contributed by atoms with Gasteiger partial charge in [-0.3, -0.25) is 4.79 Å². The standard InChI is InChI=1S/C8H14N2O3/c1-6-8(5-12,3-4-11)7(13)10(2)9-6/h11-12H,3-5H2,1-2H3. The number of hydrogen-bond donors (Lipinski definition) is 2. The Kier molecular flexibility index (Phi) is 2.68. The molecule has 5 heteroatoms. The highest BCUT2D eigenvalue weighted by Crippen LogP contribution is 2.31. The molecule has 1 amide bonds. The molecule has 0 bridgehead atoms.